The van der Waals surface area contributed by atoms with Crippen LogP contribution in [-0.2, 0) is 10.0 Å². The normalized spacial score (nSPS) is 28.1. The standard InChI is InChI=1S/C16H18ClN3O2S/c17-15-4-1-2-5-16(15)23(21,22)20-12-6-7-13(20)11-14(10-12)19-9-3-8-18-19/h1-5,8-9,12-14H,6-7,10-11H2. The summed E-state index contributed by atoms with van der Waals surface area (Å²) in [6, 6.07) is 8.95. The van der Waals surface area contributed by atoms with E-state index in [0.717, 1.165) is 25.7 Å². The fourth-order valence-electron chi connectivity index (χ4n) is 3.98. The summed E-state index contributed by atoms with van der Waals surface area (Å²) in [5.41, 5.74) is 0. The van der Waals surface area contributed by atoms with E-state index < -0.39 is 10.0 Å². The van der Waals surface area contributed by atoms with Gasteiger partial charge in [0, 0.05) is 24.5 Å². The van der Waals surface area contributed by atoms with Crippen molar-refractivity contribution < 1.29 is 8.42 Å². The van der Waals surface area contributed by atoms with E-state index >= 15 is 0 Å². The first-order valence-electron chi connectivity index (χ1n) is 7.84. The SMILES string of the molecule is O=S(=O)(c1ccccc1Cl)N1C2CCC1CC(n1cccn1)C2. The number of hydrogen-bond donors (Lipinski definition) is 0. The second-order valence-corrected chi connectivity index (χ2v) is 8.48. The summed E-state index contributed by atoms with van der Waals surface area (Å²) in [6.45, 7) is 0. The molecule has 0 N–H and O–H groups in total. The van der Waals surface area contributed by atoms with Gasteiger partial charge < -0.3 is 0 Å². The van der Waals surface area contributed by atoms with Gasteiger partial charge in [0.25, 0.3) is 0 Å². The number of halogens is 1. The number of aromatic nitrogens is 2. The van der Waals surface area contributed by atoms with Gasteiger partial charge in [-0.05, 0) is 43.9 Å². The van der Waals surface area contributed by atoms with E-state index in [2.05, 4.69) is 5.10 Å². The van der Waals surface area contributed by atoms with Gasteiger partial charge in [-0.1, -0.05) is 23.7 Å². The predicted octanol–water partition coefficient (Wildman–Crippen LogP) is 3.09. The average molecular weight is 352 g/mol. The van der Waals surface area contributed by atoms with Crippen LogP contribution in [0, 0.1) is 0 Å². The molecule has 1 aromatic carbocycles. The third-order valence-electron chi connectivity index (χ3n) is 4.93. The van der Waals surface area contributed by atoms with E-state index in [1.165, 1.54) is 0 Å². The molecule has 7 heteroatoms. The van der Waals surface area contributed by atoms with Gasteiger partial charge in [-0.15, -0.1) is 0 Å². The third-order valence-corrected chi connectivity index (χ3v) is 7.44. The van der Waals surface area contributed by atoms with Crippen LogP contribution in [0.15, 0.2) is 47.6 Å². The Morgan fingerprint density at radius 3 is 2.35 bits per heavy atom. The highest BCUT2D eigenvalue weighted by Gasteiger charge is 2.48. The number of fused-ring (bicyclic) bond motifs is 2. The lowest BCUT2D eigenvalue weighted by atomic mass is 10.00. The molecule has 2 unspecified atom stereocenters. The highest BCUT2D eigenvalue weighted by atomic mass is 35.5. The topological polar surface area (TPSA) is 55.2 Å². The summed E-state index contributed by atoms with van der Waals surface area (Å²) in [4.78, 5) is 0.219. The number of benzene rings is 1. The quantitative estimate of drug-likeness (QED) is 0.853. The van der Waals surface area contributed by atoms with E-state index in [0.29, 0.717) is 5.02 Å². The van der Waals surface area contributed by atoms with Crippen LogP contribution in [0.1, 0.15) is 31.7 Å². The van der Waals surface area contributed by atoms with Crippen LogP contribution in [0.25, 0.3) is 0 Å². The van der Waals surface area contributed by atoms with Crippen molar-refractivity contribution >= 4 is 21.6 Å². The van der Waals surface area contributed by atoms with Crippen molar-refractivity contribution in [1.29, 1.82) is 0 Å². The van der Waals surface area contributed by atoms with Crippen molar-refractivity contribution in [1.82, 2.24) is 14.1 Å². The molecule has 2 atom stereocenters. The number of piperidine rings is 1. The summed E-state index contributed by atoms with van der Waals surface area (Å²) in [6.07, 6.45) is 7.17. The van der Waals surface area contributed by atoms with Crippen molar-refractivity contribution in [2.24, 2.45) is 0 Å². The molecule has 3 heterocycles. The average Bonchev–Trinajstić information content (AvgIpc) is 3.15. The second-order valence-electron chi connectivity index (χ2n) is 6.26. The molecule has 0 radical (unpaired) electrons. The molecule has 2 fully saturated rings. The zero-order valence-corrected chi connectivity index (χ0v) is 14.1. The number of hydrogen-bond acceptors (Lipinski definition) is 3. The lowest BCUT2D eigenvalue weighted by Gasteiger charge is -2.38. The van der Waals surface area contributed by atoms with Gasteiger partial charge in [-0.3, -0.25) is 4.68 Å². The molecule has 2 bridgehead atoms. The van der Waals surface area contributed by atoms with Crippen molar-refractivity contribution in [2.75, 3.05) is 0 Å². The monoisotopic (exact) mass is 351 g/mol. The lowest BCUT2D eigenvalue weighted by molar-refractivity contribution is 0.185. The minimum atomic E-state index is -3.55. The minimum Gasteiger partial charge on any atom is -0.270 e. The van der Waals surface area contributed by atoms with Gasteiger partial charge in [0.2, 0.25) is 10.0 Å². The summed E-state index contributed by atoms with van der Waals surface area (Å²) < 4.78 is 29.8. The van der Waals surface area contributed by atoms with Crippen molar-refractivity contribution in [3.63, 3.8) is 0 Å². The first-order chi connectivity index (χ1) is 11.1. The molecular weight excluding hydrogens is 334 g/mol. The fourth-order valence-corrected chi connectivity index (χ4v) is 6.37. The molecule has 2 saturated heterocycles. The van der Waals surface area contributed by atoms with Crippen LogP contribution in [0.4, 0.5) is 0 Å². The van der Waals surface area contributed by atoms with Crippen molar-refractivity contribution in [2.45, 2.75) is 48.7 Å². The van der Waals surface area contributed by atoms with Crippen molar-refractivity contribution in [3.05, 3.63) is 47.7 Å². The Hall–Kier alpha value is -1.37. The van der Waals surface area contributed by atoms with Crippen LogP contribution in [0.2, 0.25) is 5.02 Å². The highest BCUT2D eigenvalue weighted by molar-refractivity contribution is 7.89. The van der Waals surface area contributed by atoms with Gasteiger partial charge in [0.15, 0.2) is 0 Å². The number of sulfonamides is 1. The zero-order valence-electron chi connectivity index (χ0n) is 12.5. The van der Waals surface area contributed by atoms with Gasteiger partial charge in [0.05, 0.1) is 11.1 Å². The Balaban J connectivity index is 1.66. The molecule has 122 valence electrons. The maximum atomic E-state index is 13.1. The van der Waals surface area contributed by atoms with Crippen molar-refractivity contribution in [3.8, 4) is 0 Å². The smallest absolute Gasteiger partial charge is 0.245 e. The molecule has 1 aromatic heterocycles. The van der Waals surface area contributed by atoms with Gasteiger partial charge >= 0.3 is 0 Å². The fraction of sp³-hybridized carbons (Fsp3) is 0.438. The lowest BCUT2D eigenvalue weighted by Crippen LogP contribution is -2.46. The third kappa shape index (κ3) is 2.49. The van der Waals surface area contributed by atoms with Crippen LogP contribution < -0.4 is 0 Å². The molecule has 0 aliphatic carbocycles. The maximum Gasteiger partial charge on any atom is 0.245 e. The summed E-state index contributed by atoms with van der Waals surface area (Å²) in [5, 5.41) is 4.62. The van der Waals surface area contributed by atoms with E-state index in [1.807, 2.05) is 16.9 Å². The summed E-state index contributed by atoms with van der Waals surface area (Å²) >= 11 is 6.13. The molecule has 23 heavy (non-hydrogen) atoms. The summed E-state index contributed by atoms with van der Waals surface area (Å²) in [5.74, 6) is 0. The molecule has 0 spiro atoms. The predicted molar refractivity (Wildman–Crippen MR) is 87.8 cm³/mol. The van der Waals surface area contributed by atoms with Gasteiger partial charge in [-0.25, -0.2) is 8.42 Å². The van der Waals surface area contributed by atoms with Gasteiger partial charge in [0.1, 0.15) is 4.90 Å². The largest absolute Gasteiger partial charge is 0.270 e. The molecule has 0 amide bonds. The van der Waals surface area contributed by atoms with E-state index in [-0.39, 0.29) is 23.0 Å². The highest BCUT2D eigenvalue weighted by Crippen LogP contribution is 2.44. The number of nitrogens with zero attached hydrogens (tertiary/aromatic N) is 3. The Morgan fingerprint density at radius 1 is 1.04 bits per heavy atom. The van der Waals surface area contributed by atoms with E-state index in [9.17, 15) is 8.42 Å². The van der Waals surface area contributed by atoms with Gasteiger partial charge in [-0.2, -0.15) is 9.40 Å². The van der Waals surface area contributed by atoms with Crippen LogP contribution in [0.5, 0.6) is 0 Å². The molecule has 5 nitrogen and oxygen atoms in total. The molecule has 2 aliphatic rings. The van der Waals surface area contributed by atoms with Crippen LogP contribution >= 0.6 is 11.6 Å². The first-order valence-corrected chi connectivity index (χ1v) is 9.66. The Morgan fingerprint density at radius 2 is 1.74 bits per heavy atom. The molecule has 2 aliphatic heterocycles. The van der Waals surface area contributed by atoms with E-state index in [4.69, 9.17) is 11.6 Å². The molecule has 4 rings (SSSR count). The molecular formula is C16H18ClN3O2S. The minimum absolute atomic E-state index is 0.0317. The maximum absolute atomic E-state index is 13.1. The van der Waals surface area contributed by atoms with E-state index in [1.54, 1.807) is 34.8 Å². The second kappa shape index (κ2) is 5.61. The Kier molecular flexibility index (Phi) is 3.70. The van der Waals surface area contributed by atoms with Crippen LogP contribution in [-0.4, -0.2) is 34.6 Å². The molecule has 2 aromatic rings. The number of rotatable bonds is 3. The Bertz CT molecular complexity index is 792. The zero-order chi connectivity index (χ0) is 16.0. The molecule has 0 saturated carbocycles. The summed E-state index contributed by atoms with van der Waals surface area (Å²) in [7, 11) is -3.55. The Labute approximate surface area is 140 Å². The van der Waals surface area contributed by atoms with Crippen LogP contribution in [0.3, 0.4) is 0 Å². The first kappa shape index (κ1) is 15.2.